The van der Waals surface area contributed by atoms with Crippen molar-refractivity contribution in [1.82, 2.24) is 4.90 Å². The van der Waals surface area contributed by atoms with Gasteiger partial charge < -0.3 is 9.52 Å². The average molecular weight is 404 g/mol. The normalized spacial score (nSPS) is 25.6. The Bertz CT molecular complexity index is 1160. The number of phenols is 1. The van der Waals surface area contributed by atoms with Gasteiger partial charge in [0, 0.05) is 30.6 Å². The third-order valence-corrected chi connectivity index (χ3v) is 6.96. The highest BCUT2D eigenvalue weighted by Gasteiger charge is 2.49. The number of rotatable bonds is 3. The van der Waals surface area contributed by atoms with Gasteiger partial charge in [-0.2, -0.15) is 0 Å². The number of hydrogen-bond acceptors (Lipinski definition) is 4. The first-order valence-electron chi connectivity index (χ1n) is 10.8. The Balaban J connectivity index is 1.60. The van der Waals surface area contributed by atoms with Crippen LogP contribution in [0, 0.1) is 10.8 Å². The summed E-state index contributed by atoms with van der Waals surface area (Å²) < 4.78 is 5.68. The third kappa shape index (κ3) is 3.33. The van der Waals surface area contributed by atoms with E-state index in [1.54, 1.807) is 12.1 Å². The van der Waals surface area contributed by atoms with E-state index in [4.69, 9.17) is 4.42 Å². The van der Waals surface area contributed by atoms with Gasteiger partial charge >= 0.3 is 5.63 Å². The van der Waals surface area contributed by atoms with Gasteiger partial charge in [0.2, 0.25) is 0 Å². The molecule has 1 aromatic heterocycles. The number of fused-ring (bicyclic) bond motifs is 3. The molecule has 0 amide bonds. The quantitative estimate of drug-likeness (QED) is 0.581. The molecule has 1 saturated carbocycles. The molecule has 1 saturated heterocycles. The summed E-state index contributed by atoms with van der Waals surface area (Å²) >= 11 is 0. The summed E-state index contributed by atoms with van der Waals surface area (Å²) in [6.07, 6.45) is 3.58. The van der Waals surface area contributed by atoms with Gasteiger partial charge in [0.25, 0.3) is 0 Å². The second-order valence-electron chi connectivity index (χ2n) is 10.4. The van der Waals surface area contributed by atoms with Crippen molar-refractivity contribution in [2.45, 2.75) is 52.6 Å². The second-order valence-corrected chi connectivity index (χ2v) is 10.4. The second kappa shape index (κ2) is 6.71. The molecule has 2 aromatic carbocycles. The summed E-state index contributed by atoms with van der Waals surface area (Å²) in [6.45, 7) is 8.72. The van der Waals surface area contributed by atoms with Crippen LogP contribution in [0.15, 0.2) is 57.7 Å². The highest BCUT2D eigenvalue weighted by atomic mass is 16.4. The van der Waals surface area contributed by atoms with Crippen LogP contribution in [0.3, 0.4) is 0 Å². The minimum atomic E-state index is -0.388. The maximum Gasteiger partial charge on any atom is 0.336 e. The predicted molar refractivity (Wildman–Crippen MR) is 120 cm³/mol. The van der Waals surface area contributed by atoms with E-state index in [0.717, 1.165) is 35.0 Å². The van der Waals surface area contributed by atoms with Crippen LogP contribution in [-0.4, -0.2) is 22.6 Å². The molecule has 2 bridgehead atoms. The van der Waals surface area contributed by atoms with Gasteiger partial charge in [-0.3, -0.25) is 4.90 Å². The number of aromatic hydroxyl groups is 1. The molecule has 1 aliphatic heterocycles. The van der Waals surface area contributed by atoms with Crippen molar-refractivity contribution in [2.24, 2.45) is 10.8 Å². The van der Waals surface area contributed by atoms with Crippen LogP contribution in [0.25, 0.3) is 22.1 Å². The van der Waals surface area contributed by atoms with E-state index in [-0.39, 0.29) is 11.4 Å². The van der Waals surface area contributed by atoms with Crippen molar-refractivity contribution in [2.75, 3.05) is 6.54 Å². The van der Waals surface area contributed by atoms with E-state index in [2.05, 4.69) is 25.7 Å². The summed E-state index contributed by atoms with van der Waals surface area (Å²) in [7, 11) is 0. The lowest BCUT2D eigenvalue weighted by Crippen LogP contribution is -2.34. The van der Waals surface area contributed by atoms with E-state index < -0.39 is 0 Å². The maximum atomic E-state index is 12.4. The molecule has 4 nitrogen and oxygen atoms in total. The zero-order valence-electron chi connectivity index (χ0n) is 17.9. The molecule has 0 spiro atoms. The Kier molecular flexibility index (Phi) is 4.33. The van der Waals surface area contributed by atoms with Crippen LogP contribution < -0.4 is 5.63 Å². The first-order chi connectivity index (χ1) is 14.2. The van der Waals surface area contributed by atoms with Crippen LogP contribution >= 0.6 is 0 Å². The van der Waals surface area contributed by atoms with Gasteiger partial charge in [0.05, 0.1) is 5.56 Å². The molecule has 2 fully saturated rings. The van der Waals surface area contributed by atoms with Crippen molar-refractivity contribution in [1.29, 1.82) is 0 Å². The minimum Gasteiger partial charge on any atom is -0.507 e. The largest absolute Gasteiger partial charge is 0.507 e. The Morgan fingerprint density at radius 3 is 2.63 bits per heavy atom. The first kappa shape index (κ1) is 19.4. The zero-order valence-corrected chi connectivity index (χ0v) is 17.9. The summed E-state index contributed by atoms with van der Waals surface area (Å²) in [4.78, 5) is 14.9. The lowest BCUT2D eigenvalue weighted by atomic mass is 9.65. The van der Waals surface area contributed by atoms with Crippen molar-refractivity contribution in [3.63, 3.8) is 0 Å². The SMILES string of the molecule is CC1(C)CC2CC(C)(CN2Cc2c(O)ccc3c(-c4ccccc4)cc(=O)oc23)C1. The van der Waals surface area contributed by atoms with Crippen molar-refractivity contribution >= 4 is 11.0 Å². The minimum absolute atomic E-state index is 0.196. The van der Waals surface area contributed by atoms with Crippen LogP contribution in [0.2, 0.25) is 0 Å². The number of hydrogen-bond donors (Lipinski definition) is 1. The Morgan fingerprint density at radius 1 is 1.10 bits per heavy atom. The Labute approximate surface area is 177 Å². The van der Waals surface area contributed by atoms with Gasteiger partial charge in [-0.05, 0) is 53.4 Å². The smallest absolute Gasteiger partial charge is 0.336 e. The zero-order chi connectivity index (χ0) is 21.1. The van der Waals surface area contributed by atoms with Crippen LogP contribution in [0.4, 0.5) is 0 Å². The molecule has 30 heavy (non-hydrogen) atoms. The summed E-state index contributed by atoms with van der Waals surface area (Å²) in [6, 6.07) is 15.5. The highest BCUT2D eigenvalue weighted by molar-refractivity contribution is 5.95. The molecular weight excluding hydrogens is 374 g/mol. The summed E-state index contributed by atoms with van der Waals surface area (Å²) in [5.41, 5.74) is 3.29. The number of likely N-dealkylation sites (tertiary alicyclic amines) is 1. The first-order valence-corrected chi connectivity index (χ1v) is 10.8. The Hall–Kier alpha value is -2.59. The van der Waals surface area contributed by atoms with Crippen LogP contribution in [-0.2, 0) is 6.54 Å². The third-order valence-electron chi connectivity index (χ3n) is 6.96. The maximum absolute atomic E-state index is 12.4. The van der Waals surface area contributed by atoms with E-state index in [1.165, 1.54) is 12.8 Å². The fourth-order valence-electron chi connectivity index (χ4n) is 6.25. The standard InChI is InChI=1S/C26H29NO3/c1-25(2)12-18-13-26(3,15-25)16-27(18)14-21-22(28)10-9-19-20(11-23(29)30-24(19)21)17-7-5-4-6-8-17/h4-11,18,28H,12-16H2,1-3H3. The van der Waals surface area contributed by atoms with Crippen LogP contribution in [0.1, 0.15) is 45.6 Å². The summed E-state index contributed by atoms with van der Waals surface area (Å²) in [5.74, 6) is 0.196. The summed E-state index contributed by atoms with van der Waals surface area (Å²) in [5, 5.41) is 11.6. The van der Waals surface area contributed by atoms with Crippen molar-refractivity contribution in [3.05, 3.63) is 64.5 Å². The fourth-order valence-corrected chi connectivity index (χ4v) is 6.25. The van der Waals surface area contributed by atoms with E-state index >= 15 is 0 Å². The fraction of sp³-hybridized carbons (Fsp3) is 0.423. The molecule has 2 atom stereocenters. The van der Waals surface area contributed by atoms with Gasteiger partial charge in [0.1, 0.15) is 11.3 Å². The molecule has 1 N–H and O–H groups in total. The van der Waals surface area contributed by atoms with E-state index in [9.17, 15) is 9.90 Å². The average Bonchev–Trinajstić information content (AvgIpc) is 2.92. The Morgan fingerprint density at radius 2 is 1.87 bits per heavy atom. The van der Waals surface area contributed by atoms with Crippen LogP contribution in [0.5, 0.6) is 5.75 Å². The van der Waals surface area contributed by atoms with E-state index in [1.807, 2.05) is 36.4 Å². The lowest BCUT2D eigenvalue weighted by molar-refractivity contribution is 0.126. The number of benzene rings is 2. The monoisotopic (exact) mass is 403 g/mol. The molecule has 3 aromatic rings. The van der Waals surface area contributed by atoms with Gasteiger partial charge in [-0.15, -0.1) is 0 Å². The van der Waals surface area contributed by atoms with Crippen molar-refractivity contribution < 1.29 is 9.52 Å². The van der Waals surface area contributed by atoms with E-state index in [0.29, 0.717) is 29.0 Å². The molecular formula is C26H29NO3. The molecule has 4 heteroatoms. The molecule has 2 unspecified atom stereocenters. The molecule has 0 radical (unpaired) electrons. The molecule has 5 rings (SSSR count). The lowest BCUT2D eigenvalue weighted by Gasteiger charge is -2.40. The number of nitrogens with zero attached hydrogens (tertiary/aromatic N) is 1. The van der Waals surface area contributed by atoms with Gasteiger partial charge in [-0.1, -0.05) is 51.1 Å². The number of phenolic OH excluding ortho intramolecular Hbond substituents is 1. The molecule has 2 heterocycles. The van der Waals surface area contributed by atoms with Crippen molar-refractivity contribution in [3.8, 4) is 16.9 Å². The topological polar surface area (TPSA) is 53.7 Å². The van der Waals surface area contributed by atoms with Gasteiger partial charge in [-0.25, -0.2) is 4.79 Å². The highest BCUT2D eigenvalue weighted by Crippen LogP contribution is 2.53. The molecule has 2 aliphatic rings. The molecule has 1 aliphatic carbocycles. The van der Waals surface area contributed by atoms with Gasteiger partial charge in [0.15, 0.2) is 0 Å². The predicted octanol–water partition coefficient (Wildman–Crippen LogP) is 5.57. The molecule has 156 valence electrons.